The first-order chi connectivity index (χ1) is 12.6. The van der Waals surface area contributed by atoms with Crippen molar-refractivity contribution < 1.29 is 9.90 Å². The zero-order valence-electron chi connectivity index (χ0n) is 14.3. The minimum atomic E-state index is -0.172. The van der Waals surface area contributed by atoms with Crippen LogP contribution in [0.2, 0.25) is 0 Å². The van der Waals surface area contributed by atoms with Crippen molar-refractivity contribution in [3.63, 3.8) is 0 Å². The fourth-order valence-corrected chi connectivity index (χ4v) is 3.90. The summed E-state index contributed by atoms with van der Waals surface area (Å²) >= 11 is 0. The standard InChI is InChI=1S/C16H18N8O2/c1-22-12(5-19-21-22)15(26)23-6-11(7-25)16(8-23)9-24(10-16)14-2-3-18-13(4-17)20-14/h2-3,5,11,25H,6-10H2,1H3. The van der Waals surface area contributed by atoms with Gasteiger partial charge in [-0.15, -0.1) is 5.10 Å². The maximum absolute atomic E-state index is 12.7. The van der Waals surface area contributed by atoms with Crippen molar-refractivity contribution in [1.29, 1.82) is 5.26 Å². The molecule has 2 aliphatic rings. The molecule has 1 amide bonds. The van der Waals surface area contributed by atoms with E-state index in [-0.39, 0.29) is 29.7 Å². The molecule has 10 heteroatoms. The minimum absolute atomic E-state index is 0.00108. The minimum Gasteiger partial charge on any atom is -0.396 e. The third-order valence-corrected chi connectivity index (χ3v) is 5.33. The predicted molar refractivity (Wildman–Crippen MR) is 88.9 cm³/mol. The second-order valence-electron chi connectivity index (χ2n) is 6.88. The first-order valence-corrected chi connectivity index (χ1v) is 8.29. The van der Waals surface area contributed by atoms with Gasteiger partial charge in [-0.25, -0.2) is 14.6 Å². The number of aromatic nitrogens is 5. The third-order valence-electron chi connectivity index (χ3n) is 5.33. The van der Waals surface area contributed by atoms with E-state index in [1.807, 2.05) is 11.0 Å². The molecule has 1 spiro atoms. The van der Waals surface area contributed by atoms with E-state index in [9.17, 15) is 9.90 Å². The van der Waals surface area contributed by atoms with Crippen molar-refractivity contribution in [2.24, 2.45) is 18.4 Å². The van der Waals surface area contributed by atoms with Crippen LogP contribution >= 0.6 is 0 Å². The van der Waals surface area contributed by atoms with E-state index in [0.717, 1.165) is 0 Å². The number of aryl methyl sites for hydroxylation is 1. The van der Waals surface area contributed by atoms with Crippen LogP contribution in [0.15, 0.2) is 18.5 Å². The topological polar surface area (TPSA) is 124 Å². The van der Waals surface area contributed by atoms with E-state index in [0.29, 0.717) is 37.7 Å². The number of nitriles is 1. The molecule has 0 saturated carbocycles. The molecular formula is C16H18N8O2. The number of amides is 1. The molecule has 26 heavy (non-hydrogen) atoms. The van der Waals surface area contributed by atoms with Crippen LogP contribution < -0.4 is 4.90 Å². The number of hydrogen-bond donors (Lipinski definition) is 1. The van der Waals surface area contributed by atoms with Gasteiger partial charge in [0.15, 0.2) is 0 Å². The van der Waals surface area contributed by atoms with E-state index in [1.165, 1.54) is 10.9 Å². The van der Waals surface area contributed by atoms with Crippen LogP contribution in [0.4, 0.5) is 5.82 Å². The number of rotatable bonds is 3. The molecule has 0 aromatic carbocycles. The average Bonchev–Trinajstić information content (AvgIpc) is 3.23. The monoisotopic (exact) mass is 354 g/mol. The van der Waals surface area contributed by atoms with Gasteiger partial charge < -0.3 is 14.9 Å². The van der Waals surface area contributed by atoms with Crippen LogP contribution in [-0.4, -0.2) is 73.7 Å². The maximum Gasteiger partial charge on any atom is 0.273 e. The third kappa shape index (κ3) is 2.48. The van der Waals surface area contributed by atoms with Gasteiger partial charge in [-0.3, -0.25) is 4.79 Å². The number of carbonyl (C=O) groups excluding carboxylic acids is 1. The Labute approximate surface area is 149 Å². The van der Waals surface area contributed by atoms with E-state index >= 15 is 0 Å². The van der Waals surface area contributed by atoms with Crippen LogP contribution in [0.25, 0.3) is 0 Å². The molecule has 0 bridgehead atoms. The Kier molecular flexibility index (Phi) is 3.81. The molecule has 10 nitrogen and oxygen atoms in total. The summed E-state index contributed by atoms with van der Waals surface area (Å²) < 4.78 is 1.46. The van der Waals surface area contributed by atoms with Crippen LogP contribution in [0, 0.1) is 22.7 Å². The van der Waals surface area contributed by atoms with Crippen molar-refractivity contribution in [2.75, 3.05) is 37.7 Å². The van der Waals surface area contributed by atoms with Crippen molar-refractivity contribution >= 4 is 11.7 Å². The molecule has 1 atom stereocenters. The van der Waals surface area contributed by atoms with Crippen molar-refractivity contribution in [2.45, 2.75) is 0 Å². The van der Waals surface area contributed by atoms with Gasteiger partial charge in [0.1, 0.15) is 17.6 Å². The predicted octanol–water partition coefficient (Wildman–Crippen LogP) is -0.952. The molecule has 2 aromatic rings. The Morgan fingerprint density at radius 1 is 1.46 bits per heavy atom. The van der Waals surface area contributed by atoms with Crippen molar-refractivity contribution in [3.8, 4) is 6.07 Å². The Balaban J connectivity index is 1.50. The van der Waals surface area contributed by atoms with Gasteiger partial charge in [0.25, 0.3) is 5.91 Å². The first-order valence-electron chi connectivity index (χ1n) is 8.29. The lowest BCUT2D eigenvalue weighted by molar-refractivity contribution is 0.0747. The molecule has 2 aromatic heterocycles. The second kappa shape index (κ2) is 6.03. The number of hydrogen-bond acceptors (Lipinski definition) is 8. The van der Waals surface area contributed by atoms with Crippen LogP contribution in [0.5, 0.6) is 0 Å². The molecule has 4 rings (SSSR count). The van der Waals surface area contributed by atoms with Gasteiger partial charge in [0.2, 0.25) is 5.82 Å². The second-order valence-corrected chi connectivity index (χ2v) is 6.88. The molecule has 0 aliphatic carbocycles. The smallest absolute Gasteiger partial charge is 0.273 e. The fraction of sp³-hybridized carbons (Fsp3) is 0.500. The Morgan fingerprint density at radius 2 is 2.27 bits per heavy atom. The summed E-state index contributed by atoms with van der Waals surface area (Å²) in [4.78, 5) is 24.6. The Bertz CT molecular complexity index is 882. The zero-order chi connectivity index (χ0) is 18.3. The summed E-state index contributed by atoms with van der Waals surface area (Å²) in [7, 11) is 1.68. The lowest BCUT2D eigenvalue weighted by Crippen LogP contribution is -2.61. The fourth-order valence-electron chi connectivity index (χ4n) is 3.90. The molecule has 2 fully saturated rings. The number of likely N-dealkylation sites (tertiary alicyclic amines) is 1. The molecule has 4 heterocycles. The largest absolute Gasteiger partial charge is 0.396 e. The summed E-state index contributed by atoms with van der Waals surface area (Å²) in [6, 6.07) is 3.70. The van der Waals surface area contributed by atoms with Gasteiger partial charge in [0, 0.05) is 57.4 Å². The van der Waals surface area contributed by atoms with Gasteiger partial charge in [-0.05, 0) is 6.07 Å². The first kappa shape index (κ1) is 16.4. The highest BCUT2D eigenvalue weighted by Crippen LogP contribution is 2.45. The highest BCUT2D eigenvalue weighted by molar-refractivity contribution is 5.92. The van der Waals surface area contributed by atoms with E-state index in [2.05, 4.69) is 20.3 Å². The van der Waals surface area contributed by atoms with Gasteiger partial charge >= 0.3 is 0 Å². The van der Waals surface area contributed by atoms with Crippen molar-refractivity contribution in [1.82, 2.24) is 29.9 Å². The SMILES string of the molecule is Cn1nncc1C(=O)N1CC(CO)C2(C1)CN(c1ccnc(C#N)n1)C2. The normalized spacial score (nSPS) is 20.9. The lowest BCUT2D eigenvalue weighted by Gasteiger charge is -2.51. The lowest BCUT2D eigenvalue weighted by atomic mass is 9.72. The molecule has 0 radical (unpaired) electrons. The number of aliphatic hydroxyl groups excluding tert-OH is 1. The summed E-state index contributed by atoms with van der Waals surface area (Å²) in [5, 5.41) is 26.3. The number of carbonyl (C=O) groups is 1. The zero-order valence-corrected chi connectivity index (χ0v) is 14.3. The maximum atomic E-state index is 12.7. The number of nitrogens with zero attached hydrogens (tertiary/aromatic N) is 8. The van der Waals surface area contributed by atoms with Crippen molar-refractivity contribution in [3.05, 3.63) is 30.0 Å². The number of aliphatic hydroxyl groups is 1. The molecule has 2 saturated heterocycles. The average molecular weight is 354 g/mol. The molecule has 134 valence electrons. The van der Waals surface area contributed by atoms with Crippen LogP contribution in [-0.2, 0) is 7.05 Å². The van der Waals surface area contributed by atoms with Gasteiger partial charge in [-0.1, -0.05) is 5.21 Å². The summed E-state index contributed by atoms with van der Waals surface area (Å²) in [5.41, 5.74) is 0.262. The highest BCUT2D eigenvalue weighted by Gasteiger charge is 2.55. The molecular weight excluding hydrogens is 336 g/mol. The van der Waals surface area contributed by atoms with E-state index < -0.39 is 0 Å². The Hall–Kier alpha value is -3.06. The van der Waals surface area contributed by atoms with Gasteiger partial charge in [-0.2, -0.15) is 5.26 Å². The van der Waals surface area contributed by atoms with E-state index in [4.69, 9.17) is 5.26 Å². The molecule has 1 unspecified atom stereocenters. The Morgan fingerprint density at radius 3 is 2.92 bits per heavy atom. The van der Waals surface area contributed by atoms with E-state index in [1.54, 1.807) is 24.2 Å². The molecule has 1 N–H and O–H groups in total. The van der Waals surface area contributed by atoms with Gasteiger partial charge in [0.05, 0.1) is 6.20 Å². The quantitative estimate of drug-likeness (QED) is 0.748. The summed E-state index contributed by atoms with van der Waals surface area (Å²) in [6.45, 7) is 2.44. The number of anilines is 1. The van der Waals surface area contributed by atoms with Crippen LogP contribution in [0.3, 0.4) is 0 Å². The highest BCUT2D eigenvalue weighted by atomic mass is 16.3. The summed E-state index contributed by atoms with van der Waals surface area (Å²) in [5.74, 6) is 0.704. The molecule has 2 aliphatic heterocycles. The summed E-state index contributed by atoms with van der Waals surface area (Å²) in [6.07, 6.45) is 3.02. The van der Waals surface area contributed by atoms with Crippen LogP contribution in [0.1, 0.15) is 16.3 Å².